The van der Waals surface area contributed by atoms with Gasteiger partial charge >= 0.3 is 0 Å². The minimum Gasteiger partial charge on any atom is -0.352 e. The molecule has 2 aromatic rings. The molecule has 0 aliphatic carbocycles. The van der Waals surface area contributed by atoms with Crippen molar-refractivity contribution in [3.05, 3.63) is 65.7 Å². The van der Waals surface area contributed by atoms with Crippen molar-refractivity contribution in [3.8, 4) is 0 Å². The van der Waals surface area contributed by atoms with E-state index in [4.69, 9.17) is 0 Å². The number of carbonyl (C=O) groups excluding carboxylic acids is 2. The van der Waals surface area contributed by atoms with Crippen molar-refractivity contribution in [2.45, 2.75) is 25.6 Å². The molecule has 1 atom stereocenters. The molecule has 1 saturated heterocycles. The van der Waals surface area contributed by atoms with E-state index in [1.165, 1.54) is 6.07 Å². The predicted molar refractivity (Wildman–Crippen MR) is 94.3 cm³/mol. The Hall–Kier alpha value is -2.80. The summed E-state index contributed by atoms with van der Waals surface area (Å²) >= 11 is 0. The molecule has 1 aromatic heterocycles. The molecule has 6 nitrogen and oxygen atoms in total. The van der Waals surface area contributed by atoms with Crippen molar-refractivity contribution in [3.63, 3.8) is 0 Å². The number of rotatable bonds is 6. The Labute approximate surface area is 151 Å². The summed E-state index contributed by atoms with van der Waals surface area (Å²) < 4.78 is 13.8. The topological polar surface area (TPSA) is 74.3 Å². The zero-order chi connectivity index (χ0) is 18.4. The summed E-state index contributed by atoms with van der Waals surface area (Å²) in [5.41, 5.74) is 1.37. The van der Waals surface area contributed by atoms with Gasteiger partial charge in [-0.25, -0.2) is 4.39 Å². The van der Waals surface area contributed by atoms with E-state index in [1.807, 2.05) is 6.07 Å². The van der Waals surface area contributed by atoms with E-state index in [0.717, 1.165) is 5.56 Å². The number of halogens is 1. The van der Waals surface area contributed by atoms with Gasteiger partial charge < -0.3 is 15.5 Å². The van der Waals surface area contributed by atoms with E-state index < -0.39 is 6.04 Å². The van der Waals surface area contributed by atoms with Gasteiger partial charge in [0.25, 0.3) is 0 Å². The quantitative estimate of drug-likeness (QED) is 0.816. The molecule has 1 fully saturated rings. The maximum atomic E-state index is 13.8. The molecular weight excluding hydrogens is 335 g/mol. The molecule has 26 heavy (non-hydrogen) atoms. The average molecular weight is 356 g/mol. The third-order valence-electron chi connectivity index (χ3n) is 4.30. The SMILES string of the molecule is O=C(CC1NCCN(Cc2ccccc2F)C1=O)NCc1cccnc1. The van der Waals surface area contributed by atoms with E-state index in [0.29, 0.717) is 25.2 Å². The summed E-state index contributed by atoms with van der Waals surface area (Å²) in [4.78, 5) is 30.3. The second kappa shape index (κ2) is 8.53. The number of nitrogens with one attached hydrogen (secondary N) is 2. The monoisotopic (exact) mass is 356 g/mol. The first kappa shape index (κ1) is 18.0. The van der Waals surface area contributed by atoms with Gasteiger partial charge in [-0.1, -0.05) is 24.3 Å². The third-order valence-corrected chi connectivity index (χ3v) is 4.30. The number of benzene rings is 1. The van der Waals surface area contributed by atoms with Gasteiger partial charge in [-0.2, -0.15) is 0 Å². The van der Waals surface area contributed by atoms with Crippen LogP contribution < -0.4 is 10.6 Å². The zero-order valence-corrected chi connectivity index (χ0v) is 14.3. The maximum Gasteiger partial charge on any atom is 0.240 e. The van der Waals surface area contributed by atoms with Crippen LogP contribution in [-0.2, 0) is 22.7 Å². The molecular formula is C19H21FN4O2. The average Bonchev–Trinajstić information content (AvgIpc) is 2.66. The second-order valence-electron chi connectivity index (χ2n) is 6.20. The summed E-state index contributed by atoms with van der Waals surface area (Å²) in [6, 6.07) is 9.49. The molecule has 0 radical (unpaired) electrons. The van der Waals surface area contributed by atoms with Gasteiger partial charge in [0, 0.05) is 44.1 Å². The minimum atomic E-state index is -0.593. The Bertz CT molecular complexity index is 769. The second-order valence-corrected chi connectivity index (χ2v) is 6.20. The van der Waals surface area contributed by atoms with Crippen LogP contribution in [-0.4, -0.2) is 40.8 Å². The molecule has 7 heteroatoms. The highest BCUT2D eigenvalue weighted by molar-refractivity contribution is 5.88. The Morgan fingerprint density at radius 2 is 2.15 bits per heavy atom. The van der Waals surface area contributed by atoms with Crippen molar-refractivity contribution >= 4 is 11.8 Å². The van der Waals surface area contributed by atoms with Gasteiger partial charge in [0.15, 0.2) is 0 Å². The number of amides is 2. The molecule has 1 aromatic carbocycles. The van der Waals surface area contributed by atoms with Crippen LogP contribution in [0.15, 0.2) is 48.8 Å². The van der Waals surface area contributed by atoms with Gasteiger partial charge in [0.1, 0.15) is 5.82 Å². The summed E-state index contributed by atoms with van der Waals surface area (Å²) in [6.07, 6.45) is 3.40. The Morgan fingerprint density at radius 3 is 2.92 bits per heavy atom. The number of carbonyl (C=O) groups is 2. The van der Waals surface area contributed by atoms with Crippen molar-refractivity contribution in [1.82, 2.24) is 20.5 Å². The van der Waals surface area contributed by atoms with Gasteiger partial charge in [0.2, 0.25) is 11.8 Å². The van der Waals surface area contributed by atoms with E-state index >= 15 is 0 Å². The van der Waals surface area contributed by atoms with Crippen LogP contribution in [0.4, 0.5) is 4.39 Å². The van der Waals surface area contributed by atoms with Gasteiger partial charge in [-0.15, -0.1) is 0 Å². The summed E-state index contributed by atoms with van der Waals surface area (Å²) in [7, 11) is 0. The van der Waals surface area contributed by atoms with Crippen molar-refractivity contribution in [2.24, 2.45) is 0 Å². The van der Waals surface area contributed by atoms with Crippen molar-refractivity contribution in [2.75, 3.05) is 13.1 Å². The number of aromatic nitrogens is 1. The van der Waals surface area contributed by atoms with Crippen LogP contribution in [0.25, 0.3) is 0 Å². The van der Waals surface area contributed by atoms with Crippen molar-refractivity contribution in [1.29, 1.82) is 0 Å². The first-order chi connectivity index (χ1) is 12.6. The van der Waals surface area contributed by atoms with E-state index in [1.54, 1.807) is 41.6 Å². The highest BCUT2D eigenvalue weighted by atomic mass is 19.1. The van der Waals surface area contributed by atoms with Crippen LogP contribution in [0, 0.1) is 5.82 Å². The van der Waals surface area contributed by atoms with E-state index in [9.17, 15) is 14.0 Å². The number of pyridine rings is 1. The molecule has 136 valence electrons. The summed E-state index contributed by atoms with van der Waals surface area (Å²) in [6.45, 7) is 1.63. The maximum absolute atomic E-state index is 13.8. The highest BCUT2D eigenvalue weighted by Crippen LogP contribution is 2.13. The molecule has 0 spiro atoms. The fraction of sp³-hybridized carbons (Fsp3) is 0.316. The Kier molecular flexibility index (Phi) is 5.91. The molecule has 2 N–H and O–H groups in total. The third kappa shape index (κ3) is 4.64. The lowest BCUT2D eigenvalue weighted by molar-refractivity contribution is -0.138. The zero-order valence-electron chi connectivity index (χ0n) is 14.3. The summed E-state index contributed by atoms with van der Waals surface area (Å²) in [5, 5.41) is 5.86. The summed E-state index contributed by atoms with van der Waals surface area (Å²) in [5.74, 6) is -0.729. The molecule has 0 bridgehead atoms. The van der Waals surface area contributed by atoms with Crippen LogP contribution in [0.1, 0.15) is 17.5 Å². The smallest absolute Gasteiger partial charge is 0.240 e. The van der Waals surface area contributed by atoms with E-state index in [-0.39, 0.29) is 30.6 Å². The molecule has 3 rings (SSSR count). The Balaban J connectivity index is 1.54. The number of piperazine rings is 1. The number of nitrogens with zero attached hydrogens (tertiary/aromatic N) is 2. The number of hydrogen-bond acceptors (Lipinski definition) is 4. The first-order valence-corrected chi connectivity index (χ1v) is 8.54. The van der Waals surface area contributed by atoms with E-state index in [2.05, 4.69) is 15.6 Å². The van der Waals surface area contributed by atoms with Gasteiger partial charge in [0.05, 0.1) is 12.5 Å². The van der Waals surface area contributed by atoms with Crippen LogP contribution >= 0.6 is 0 Å². The van der Waals surface area contributed by atoms with Crippen LogP contribution in [0.3, 0.4) is 0 Å². The molecule has 0 saturated carbocycles. The highest BCUT2D eigenvalue weighted by Gasteiger charge is 2.30. The predicted octanol–water partition coefficient (Wildman–Crippen LogP) is 1.23. The Morgan fingerprint density at radius 1 is 1.31 bits per heavy atom. The number of hydrogen-bond donors (Lipinski definition) is 2. The lowest BCUT2D eigenvalue weighted by Crippen LogP contribution is -2.55. The van der Waals surface area contributed by atoms with Gasteiger partial charge in [-0.05, 0) is 17.7 Å². The van der Waals surface area contributed by atoms with Gasteiger partial charge in [-0.3, -0.25) is 14.6 Å². The molecule has 1 aliphatic rings. The largest absolute Gasteiger partial charge is 0.352 e. The lowest BCUT2D eigenvalue weighted by atomic mass is 10.1. The van der Waals surface area contributed by atoms with Crippen LogP contribution in [0.2, 0.25) is 0 Å². The standard InChI is InChI=1S/C19H21FN4O2/c20-16-6-2-1-5-15(16)13-24-9-8-22-17(19(24)26)10-18(25)23-12-14-4-3-7-21-11-14/h1-7,11,17,22H,8-10,12-13H2,(H,23,25). The lowest BCUT2D eigenvalue weighted by Gasteiger charge is -2.33. The molecule has 1 unspecified atom stereocenters. The minimum absolute atomic E-state index is 0.0485. The first-order valence-electron chi connectivity index (χ1n) is 8.54. The normalized spacial score (nSPS) is 17.2. The molecule has 2 heterocycles. The van der Waals surface area contributed by atoms with Crippen molar-refractivity contribution < 1.29 is 14.0 Å². The molecule has 2 amide bonds. The fourth-order valence-corrected chi connectivity index (χ4v) is 2.90. The van der Waals surface area contributed by atoms with Crippen LogP contribution in [0.5, 0.6) is 0 Å². The molecule has 1 aliphatic heterocycles. The fourth-order valence-electron chi connectivity index (χ4n) is 2.90.